The molecule has 1 N–H and O–H groups in total. The van der Waals surface area contributed by atoms with Gasteiger partial charge in [0.25, 0.3) is 0 Å². The number of hydrogen-bond donors (Lipinski definition) is 1. The van der Waals surface area contributed by atoms with Gasteiger partial charge < -0.3 is 14.8 Å². The van der Waals surface area contributed by atoms with Gasteiger partial charge in [-0.2, -0.15) is 0 Å². The molecule has 1 aliphatic heterocycles. The number of imidazole rings is 1. The minimum atomic E-state index is 0.690. The molecule has 1 unspecified atom stereocenters. The Labute approximate surface area is 110 Å². The maximum absolute atomic E-state index is 4.06. The Kier molecular flexibility index (Phi) is 5.20. The van der Waals surface area contributed by atoms with Crippen molar-refractivity contribution < 1.29 is 0 Å². The van der Waals surface area contributed by atoms with Crippen LogP contribution in [0.3, 0.4) is 0 Å². The van der Waals surface area contributed by atoms with Gasteiger partial charge in [0.1, 0.15) is 0 Å². The molecule has 0 spiro atoms. The van der Waals surface area contributed by atoms with Gasteiger partial charge in [-0.3, -0.25) is 0 Å². The number of hydrogen-bond acceptors (Lipinski definition) is 3. The monoisotopic (exact) mass is 250 g/mol. The second kappa shape index (κ2) is 6.90. The lowest BCUT2D eigenvalue weighted by molar-refractivity contribution is 0.229. The van der Waals surface area contributed by atoms with E-state index in [1.165, 1.54) is 32.4 Å². The third-order valence-electron chi connectivity index (χ3n) is 3.86. The molecule has 18 heavy (non-hydrogen) atoms. The van der Waals surface area contributed by atoms with Gasteiger partial charge in [0.15, 0.2) is 0 Å². The van der Waals surface area contributed by atoms with Crippen LogP contribution in [-0.2, 0) is 6.54 Å². The highest BCUT2D eigenvalue weighted by Gasteiger charge is 2.17. The molecule has 2 rings (SSSR count). The zero-order valence-electron chi connectivity index (χ0n) is 11.7. The van der Waals surface area contributed by atoms with Crippen LogP contribution in [0, 0.1) is 0 Å². The summed E-state index contributed by atoms with van der Waals surface area (Å²) in [4.78, 5) is 6.66. The molecule has 1 aliphatic rings. The van der Waals surface area contributed by atoms with Crippen molar-refractivity contribution in [3.63, 3.8) is 0 Å². The van der Waals surface area contributed by atoms with E-state index in [4.69, 9.17) is 0 Å². The largest absolute Gasteiger partial charge is 0.336 e. The van der Waals surface area contributed by atoms with E-state index in [1.54, 1.807) is 0 Å². The van der Waals surface area contributed by atoms with Crippen molar-refractivity contribution in [2.75, 3.05) is 19.6 Å². The van der Waals surface area contributed by atoms with Crippen molar-refractivity contribution >= 4 is 0 Å². The van der Waals surface area contributed by atoms with E-state index in [2.05, 4.69) is 33.6 Å². The number of likely N-dealkylation sites (tertiary alicyclic amines) is 1. The van der Waals surface area contributed by atoms with E-state index in [0.717, 1.165) is 13.1 Å². The van der Waals surface area contributed by atoms with Crippen molar-refractivity contribution in [2.45, 2.75) is 51.7 Å². The molecule has 4 nitrogen and oxygen atoms in total. The minimum Gasteiger partial charge on any atom is -0.336 e. The molecule has 1 saturated heterocycles. The summed E-state index contributed by atoms with van der Waals surface area (Å²) in [5.74, 6) is 0. The van der Waals surface area contributed by atoms with Crippen LogP contribution in [0.4, 0.5) is 0 Å². The third-order valence-corrected chi connectivity index (χ3v) is 3.86. The van der Waals surface area contributed by atoms with E-state index >= 15 is 0 Å². The molecule has 0 saturated carbocycles. The molecule has 2 heterocycles. The van der Waals surface area contributed by atoms with Gasteiger partial charge in [-0.25, -0.2) is 4.98 Å². The molecule has 1 aromatic heterocycles. The highest BCUT2D eigenvalue weighted by atomic mass is 15.2. The Bertz CT molecular complexity index is 321. The highest BCUT2D eigenvalue weighted by molar-refractivity contribution is 4.78. The van der Waals surface area contributed by atoms with Gasteiger partial charge in [-0.15, -0.1) is 0 Å². The first kappa shape index (κ1) is 13.6. The molecule has 1 atom stereocenters. The van der Waals surface area contributed by atoms with Gasteiger partial charge >= 0.3 is 0 Å². The Balaban J connectivity index is 1.67. The highest BCUT2D eigenvalue weighted by Crippen LogP contribution is 2.13. The average molecular weight is 250 g/mol. The van der Waals surface area contributed by atoms with Gasteiger partial charge in [-0.1, -0.05) is 0 Å². The molecule has 0 amide bonds. The molecule has 0 aromatic carbocycles. The number of nitrogens with one attached hydrogen (secondary N) is 1. The minimum absolute atomic E-state index is 0.690. The van der Waals surface area contributed by atoms with Crippen molar-refractivity contribution in [1.29, 1.82) is 0 Å². The summed E-state index contributed by atoms with van der Waals surface area (Å²) in [6.45, 7) is 9.16. The van der Waals surface area contributed by atoms with E-state index in [9.17, 15) is 0 Å². The molecule has 0 aliphatic carbocycles. The first-order valence-electron chi connectivity index (χ1n) is 7.19. The van der Waals surface area contributed by atoms with Crippen molar-refractivity contribution in [2.24, 2.45) is 0 Å². The quantitative estimate of drug-likeness (QED) is 0.864. The van der Waals surface area contributed by atoms with Crippen LogP contribution in [0.2, 0.25) is 0 Å². The molecule has 0 bridgehead atoms. The Morgan fingerprint density at radius 2 is 2.22 bits per heavy atom. The second-order valence-corrected chi connectivity index (χ2v) is 5.51. The maximum Gasteiger partial charge on any atom is 0.0946 e. The molecular weight excluding hydrogens is 224 g/mol. The fourth-order valence-corrected chi connectivity index (χ4v) is 2.66. The lowest BCUT2D eigenvalue weighted by Crippen LogP contribution is -2.35. The Hall–Kier alpha value is -0.870. The first-order chi connectivity index (χ1) is 8.75. The van der Waals surface area contributed by atoms with Gasteiger partial charge in [0.05, 0.1) is 6.33 Å². The predicted molar refractivity (Wildman–Crippen MR) is 74.6 cm³/mol. The van der Waals surface area contributed by atoms with E-state index < -0.39 is 0 Å². The van der Waals surface area contributed by atoms with E-state index in [-0.39, 0.29) is 0 Å². The van der Waals surface area contributed by atoms with Gasteiger partial charge in [-0.05, 0) is 46.2 Å². The normalized spacial score (nSPS) is 22.3. The summed E-state index contributed by atoms with van der Waals surface area (Å²) >= 11 is 0. The van der Waals surface area contributed by atoms with Crippen LogP contribution in [0.5, 0.6) is 0 Å². The summed E-state index contributed by atoms with van der Waals surface area (Å²) in [7, 11) is 0. The molecule has 0 radical (unpaired) electrons. The third kappa shape index (κ3) is 4.10. The van der Waals surface area contributed by atoms with Crippen LogP contribution in [-0.4, -0.2) is 46.2 Å². The maximum atomic E-state index is 4.06. The van der Waals surface area contributed by atoms with Crippen LogP contribution >= 0.6 is 0 Å². The lowest BCUT2D eigenvalue weighted by atomic mass is 10.1. The fraction of sp³-hybridized carbons (Fsp3) is 0.786. The first-order valence-corrected chi connectivity index (χ1v) is 7.19. The second-order valence-electron chi connectivity index (χ2n) is 5.51. The molecule has 102 valence electrons. The smallest absolute Gasteiger partial charge is 0.0946 e. The summed E-state index contributed by atoms with van der Waals surface area (Å²) in [5.41, 5.74) is 0. The summed E-state index contributed by atoms with van der Waals surface area (Å²) < 4.78 is 2.13. The van der Waals surface area contributed by atoms with Crippen LogP contribution in [0.25, 0.3) is 0 Å². The van der Waals surface area contributed by atoms with Crippen LogP contribution < -0.4 is 5.32 Å². The van der Waals surface area contributed by atoms with Gasteiger partial charge in [0.2, 0.25) is 0 Å². The Morgan fingerprint density at radius 3 is 2.94 bits per heavy atom. The molecule has 1 fully saturated rings. The molecule has 1 aromatic rings. The van der Waals surface area contributed by atoms with E-state index in [1.807, 2.05) is 18.7 Å². The Morgan fingerprint density at radius 1 is 1.33 bits per heavy atom. The van der Waals surface area contributed by atoms with Crippen LogP contribution in [0.15, 0.2) is 18.7 Å². The average Bonchev–Trinajstić information content (AvgIpc) is 2.73. The van der Waals surface area contributed by atoms with Crippen molar-refractivity contribution in [1.82, 2.24) is 19.8 Å². The van der Waals surface area contributed by atoms with Gasteiger partial charge in [0, 0.05) is 37.6 Å². The van der Waals surface area contributed by atoms with E-state index in [0.29, 0.717) is 12.1 Å². The zero-order valence-corrected chi connectivity index (χ0v) is 11.7. The molecule has 4 heteroatoms. The number of nitrogens with zero attached hydrogens (tertiary/aromatic N) is 3. The number of rotatable bonds is 5. The SMILES string of the molecule is CC(C)N1CCCC(NCCn2ccnc2)CC1. The van der Waals surface area contributed by atoms with Crippen molar-refractivity contribution in [3.05, 3.63) is 18.7 Å². The van der Waals surface area contributed by atoms with Crippen LogP contribution in [0.1, 0.15) is 33.1 Å². The lowest BCUT2D eigenvalue weighted by Gasteiger charge is -2.24. The number of aromatic nitrogens is 2. The van der Waals surface area contributed by atoms with Crippen molar-refractivity contribution in [3.8, 4) is 0 Å². The molecular formula is C14H26N4. The standard InChI is InChI=1S/C14H26N4/c1-13(2)18-8-3-4-14(5-9-18)16-7-11-17-10-6-15-12-17/h6,10,12-14,16H,3-5,7-9,11H2,1-2H3. The summed E-state index contributed by atoms with van der Waals surface area (Å²) in [6.07, 6.45) is 9.66. The summed E-state index contributed by atoms with van der Waals surface area (Å²) in [6, 6.07) is 1.38. The topological polar surface area (TPSA) is 33.1 Å². The summed E-state index contributed by atoms with van der Waals surface area (Å²) in [5, 5.41) is 3.68. The predicted octanol–water partition coefficient (Wildman–Crippen LogP) is 1.74. The zero-order chi connectivity index (χ0) is 12.8. The fourth-order valence-electron chi connectivity index (χ4n) is 2.66.